The van der Waals surface area contributed by atoms with E-state index in [1.165, 1.54) is 11.8 Å². The van der Waals surface area contributed by atoms with E-state index < -0.39 is 15.1 Å². The molecule has 0 spiro atoms. The topological polar surface area (TPSA) is 63.6 Å². The van der Waals surface area contributed by atoms with Crippen LogP contribution in [0.5, 0.6) is 0 Å². The first kappa shape index (κ1) is 14.7. The Morgan fingerprint density at radius 3 is 2.70 bits per heavy atom. The summed E-state index contributed by atoms with van der Waals surface area (Å²) in [6, 6.07) is 8.35. The third-order valence-corrected chi connectivity index (χ3v) is 7.01. The Hall–Kier alpha value is -1.92. The molecule has 3 aliphatic rings. The molecule has 4 rings (SSSR count). The number of benzene rings is 1. The van der Waals surface area contributed by atoms with Crippen molar-refractivity contribution in [3.05, 3.63) is 65.4 Å². The Bertz CT molecular complexity index is 922. The largest absolute Gasteiger partial charge is 0.293 e. The summed E-state index contributed by atoms with van der Waals surface area (Å²) in [6.07, 6.45) is 5.13. The lowest BCUT2D eigenvalue weighted by Crippen LogP contribution is -2.28. The number of hydrogen-bond acceptors (Lipinski definition) is 5. The van der Waals surface area contributed by atoms with Gasteiger partial charge >= 0.3 is 0 Å². The molecule has 4 nitrogen and oxygen atoms in total. The van der Waals surface area contributed by atoms with Gasteiger partial charge in [-0.05, 0) is 18.2 Å². The predicted octanol–water partition coefficient (Wildman–Crippen LogP) is 2.35. The molecule has 1 aliphatic carbocycles. The van der Waals surface area contributed by atoms with Crippen LogP contribution in [0.1, 0.15) is 0 Å². The highest BCUT2D eigenvalue weighted by Gasteiger charge is 2.40. The van der Waals surface area contributed by atoms with Crippen molar-refractivity contribution < 1.29 is 13.2 Å². The number of nitrogens with zero attached hydrogens (tertiary/aromatic N) is 1. The molecule has 1 fully saturated rings. The molecular weight excluding hydrogens is 330 g/mol. The van der Waals surface area contributed by atoms with Crippen molar-refractivity contribution in [3.8, 4) is 0 Å². The van der Waals surface area contributed by atoms with E-state index in [2.05, 4.69) is 4.99 Å². The molecule has 0 amide bonds. The zero-order chi connectivity index (χ0) is 16.0. The number of fused-ring (bicyclic) bond motifs is 2. The van der Waals surface area contributed by atoms with E-state index in [4.69, 9.17) is 0 Å². The third kappa shape index (κ3) is 2.24. The van der Waals surface area contributed by atoms with Crippen molar-refractivity contribution in [1.82, 2.24) is 0 Å². The number of thioether (sulfide) groups is 1. The monoisotopic (exact) mass is 343 g/mol. The van der Waals surface area contributed by atoms with E-state index in [1.54, 1.807) is 48.6 Å². The van der Waals surface area contributed by atoms with Crippen LogP contribution in [0, 0.1) is 0 Å². The van der Waals surface area contributed by atoms with E-state index in [0.717, 1.165) is 0 Å². The molecule has 1 unspecified atom stereocenters. The molecule has 0 bridgehead atoms. The number of sulfone groups is 1. The minimum absolute atomic E-state index is 0.0260. The maximum absolute atomic E-state index is 13.0. The van der Waals surface area contributed by atoms with Gasteiger partial charge in [-0.2, -0.15) is 0 Å². The van der Waals surface area contributed by atoms with Crippen molar-refractivity contribution in [1.29, 1.82) is 0 Å². The van der Waals surface area contributed by atoms with Crippen LogP contribution in [0.4, 0.5) is 0 Å². The van der Waals surface area contributed by atoms with E-state index in [1.807, 2.05) is 0 Å². The van der Waals surface area contributed by atoms with Gasteiger partial charge in [-0.1, -0.05) is 30.4 Å². The molecule has 23 heavy (non-hydrogen) atoms. The fourth-order valence-corrected chi connectivity index (χ4v) is 5.56. The van der Waals surface area contributed by atoms with Gasteiger partial charge in [0.2, 0.25) is 0 Å². The third-order valence-electron chi connectivity index (χ3n) is 4.07. The lowest BCUT2D eigenvalue weighted by atomic mass is 9.96. The number of allylic oxidation sites excluding steroid dienone is 4. The van der Waals surface area contributed by atoms with Gasteiger partial charge in [0.05, 0.1) is 22.1 Å². The van der Waals surface area contributed by atoms with Crippen LogP contribution in [-0.4, -0.2) is 36.7 Å². The van der Waals surface area contributed by atoms with Crippen LogP contribution in [0.3, 0.4) is 0 Å². The number of rotatable bonds is 2. The van der Waals surface area contributed by atoms with E-state index in [9.17, 15) is 13.2 Å². The SMILES string of the molecule is O=C1CSCC2=NC3=CC=CC(S(=O)(=O)c4ccccc4)C3=C12. The number of carbonyl (C=O) groups excluding carboxylic acids is 1. The second-order valence-corrected chi connectivity index (χ2v) is 8.53. The van der Waals surface area contributed by atoms with Crippen LogP contribution >= 0.6 is 11.8 Å². The first-order valence-corrected chi connectivity index (χ1v) is 9.90. The molecule has 0 saturated carbocycles. The summed E-state index contributed by atoms with van der Waals surface area (Å²) in [5.74, 6) is 1.01. The second kappa shape index (κ2) is 5.32. The van der Waals surface area contributed by atoms with Gasteiger partial charge in [-0.25, -0.2) is 8.42 Å². The second-order valence-electron chi connectivity index (χ2n) is 5.48. The molecule has 0 N–H and O–H groups in total. The van der Waals surface area contributed by atoms with Gasteiger partial charge in [-0.15, -0.1) is 11.8 Å². The van der Waals surface area contributed by atoms with Crippen LogP contribution < -0.4 is 0 Å². The first-order chi connectivity index (χ1) is 11.1. The molecule has 6 heteroatoms. The summed E-state index contributed by atoms with van der Waals surface area (Å²) in [5, 5.41) is -0.854. The molecule has 1 aromatic carbocycles. The van der Waals surface area contributed by atoms with Crippen LogP contribution in [-0.2, 0) is 14.6 Å². The minimum atomic E-state index is -3.61. The predicted molar refractivity (Wildman–Crippen MR) is 91.4 cm³/mol. The molecule has 116 valence electrons. The normalized spacial score (nSPS) is 23.3. The zero-order valence-corrected chi connectivity index (χ0v) is 13.7. The number of aliphatic imine (C=N–C) groups is 1. The summed E-state index contributed by atoms with van der Waals surface area (Å²) >= 11 is 1.52. The summed E-state index contributed by atoms with van der Waals surface area (Å²) in [7, 11) is -3.61. The first-order valence-electron chi connectivity index (χ1n) is 7.20. The molecule has 1 aromatic rings. The Kier molecular flexibility index (Phi) is 3.39. The average molecular weight is 343 g/mol. The van der Waals surface area contributed by atoms with Crippen molar-refractivity contribution >= 4 is 33.1 Å². The summed E-state index contributed by atoms with van der Waals surface area (Å²) < 4.78 is 26.1. The lowest BCUT2D eigenvalue weighted by molar-refractivity contribution is -0.112. The zero-order valence-electron chi connectivity index (χ0n) is 12.1. The van der Waals surface area contributed by atoms with Gasteiger partial charge < -0.3 is 0 Å². The van der Waals surface area contributed by atoms with Gasteiger partial charge in [0.1, 0.15) is 5.25 Å². The Labute approximate surface area is 138 Å². The average Bonchev–Trinajstić information content (AvgIpc) is 2.95. The number of Topliss-reactive ketones (excluding diaryl/α,β-unsaturated/α-hetero) is 1. The number of carbonyl (C=O) groups is 1. The van der Waals surface area contributed by atoms with E-state index in [-0.39, 0.29) is 10.7 Å². The van der Waals surface area contributed by atoms with E-state index in [0.29, 0.717) is 34.1 Å². The Balaban J connectivity index is 1.88. The molecule has 0 aromatic heterocycles. The smallest absolute Gasteiger partial charge is 0.189 e. The molecule has 1 saturated heterocycles. The van der Waals surface area contributed by atoms with Crippen molar-refractivity contribution in [2.45, 2.75) is 10.1 Å². The van der Waals surface area contributed by atoms with E-state index >= 15 is 0 Å². The van der Waals surface area contributed by atoms with Crippen LogP contribution in [0.25, 0.3) is 0 Å². The number of hydrogen-bond donors (Lipinski definition) is 0. The fraction of sp³-hybridized carbons (Fsp3) is 0.176. The van der Waals surface area contributed by atoms with Crippen molar-refractivity contribution in [2.75, 3.05) is 11.5 Å². The van der Waals surface area contributed by atoms with Crippen molar-refractivity contribution in [3.63, 3.8) is 0 Å². The summed E-state index contributed by atoms with van der Waals surface area (Å²) in [5.41, 5.74) is 2.39. The molecule has 2 heterocycles. The summed E-state index contributed by atoms with van der Waals surface area (Å²) in [4.78, 5) is 17.1. The maximum atomic E-state index is 13.0. The highest BCUT2D eigenvalue weighted by atomic mass is 32.2. The van der Waals surface area contributed by atoms with Gasteiger partial charge in [0.25, 0.3) is 0 Å². The molecule has 2 aliphatic heterocycles. The minimum Gasteiger partial charge on any atom is -0.293 e. The highest BCUT2D eigenvalue weighted by Crippen LogP contribution is 2.39. The van der Waals surface area contributed by atoms with Crippen LogP contribution in [0.15, 0.2) is 75.3 Å². The maximum Gasteiger partial charge on any atom is 0.189 e. The Morgan fingerprint density at radius 2 is 1.91 bits per heavy atom. The van der Waals surface area contributed by atoms with Gasteiger partial charge in [0, 0.05) is 16.9 Å². The van der Waals surface area contributed by atoms with Gasteiger partial charge in [0.15, 0.2) is 15.6 Å². The highest BCUT2D eigenvalue weighted by molar-refractivity contribution is 8.00. The molecule has 0 radical (unpaired) electrons. The van der Waals surface area contributed by atoms with Crippen LogP contribution in [0.2, 0.25) is 0 Å². The standard InChI is InChI=1S/C17H13NO3S2/c19-14-10-22-9-13-16(14)17-12(18-13)7-4-8-15(17)23(20,21)11-5-2-1-3-6-11/h1-8,15H,9-10H2. The van der Waals surface area contributed by atoms with Gasteiger partial charge in [-0.3, -0.25) is 9.79 Å². The summed E-state index contributed by atoms with van der Waals surface area (Å²) in [6.45, 7) is 0. The lowest BCUT2D eigenvalue weighted by Gasteiger charge is -2.21. The quantitative estimate of drug-likeness (QED) is 0.827. The fourth-order valence-electron chi connectivity index (χ4n) is 3.05. The van der Waals surface area contributed by atoms with Crippen molar-refractivity contribution in [2.24, 2.45) is 4.99 Å². The molecular formula is C17H13NO3S2. The number of ketones is 1. The Morgan fingerprint density at radius 1 is 1.13 bits per heavy atom. The molecule has 1 atom stereocenters.